The molecule has 55 heavy (non-hydrogen) atoms. The molecule has 0 bridgehead atoms. The highest BCUT2D eigenvalue weighted by Gasteiger charge is 2.44. The van der Waals surface area contributed by atoms with Gasteiger partial charge in [0.2, 0.25) is 0 Å². The predicted octanol–water partition coefficient (Wildman–Crippen LogP) is 9.11. The van der Waals surface area contributed by atoms with Crippen LogP contribution in [0.4, 0.5) is 0 Å². The smallest absolute Gasteiger partial charge is 0.306 e. The summed E-state index contributed by atoms with van der Waals surface area (Å²) in [5.41, 5.74) is 0. The number of ether oxygens (including phenoxy) is 4. The van der Waals surface area contributed by atoms with Crippen molar-refractivity contribution in [3.63, 3.8) is 0 Å². The van der Waals surface area contributed by atoms with Gasteiger partial charge in [-0.05, 0) is 57.8 Å². The second kappa shape index (κ2) is 36.3. The molecular weight excluding hydrogens is 700 g/mol. The number of rotatable bonds is 36. The standard InChI is InChI=1S/C45H80O10/c1-3-5-7-9-11-13-15-17-19-21-23-25-27-29-31-33-40(47)52-36-38(37-53-45-44(51)43(50)42(49)39(35-46)55-45)54-41(48)34-32-30-28-26-24-22-20-18-16-14-12-10-8-6-4-2/h9,11,14,16,18,20,38-39,42-46,49-51H,3-8,10,12-13,15,17,19,21-37H2,1-2H3/b11-9+,16-14+,20-18+/t38-,39-,42+,43?,44?,45-/m0/s1. The molecule has 10 heteroatoms. The van der Waals surface area contributed by atoms with E-state index in [1.54, 1.807) is 0 Å². The minimum atomic E-state index is -1.60. The third-order valence-corrected chi connectivity index (χ3v) is 10.0. The van der Waals surface area contributed by atoms with Gasteiger partial charge in [0, 0.05) is 12.8 Å². The molecule has 0 aliphatic carbocycles. The Morgan fingerprint density at radius 3 is 1.58 bits per heavy atom. The molecule has 0 saturated carbocycles. The van der Waals surface area contributed by atoms with Crippen LogP contribution in [0.2, 0.25) is 0 Å². The van der Waals surface area contributed by atoms with Gasteiger partial charge in [0.25, 0.3) is 0 Å². The fourth-order valence-electron chi connectivity index (χ4n) is 6.45. The maximum atomic E-state index is 12.7. The average molecular weight is 781 g/mol. The molecule has 1 aliphatic heterocycles. The third-order valence-electron chi connectivity index (χ3n) is 10.0. The van der Waals surface area contributed by atoms with Crippen molar-refractivity contribution < 1.29 is 49.0 Å². The fraction of sp³-hybridized carbons (Fsp3) is 0.822. The Morgan fingerprint density at radius 2 is 1.04 bits per heavy atom. The second-order valence-electron chi connectivity index (χ2n) is 15.2. The number of carbonyl (C=O) groups is 2. The summed E-state index contributed by atoms with van der Waals surface area (Å²) in [6, 6.07) is 0. The number of hydrogen-bond donors (Lipinski definition) is 4. The molecule has 0 aromatic carbocycles. The van der Waals surface area contributed by atoms with Crippen molar-refractivity contribution in [3.05, 3.63) is 36.5 Å². The highest BCUT2D eigenvalue weighted by atomic mass is 16.7. The number of esters is 2. The van der Waals surface area contributed by atoms with E-state index in [0.717, 1.165) is 64.2 Å². The fourth-order valence-corrected chi connectivity index (χ4v) is 6.45. The SMILES string of the molecule is CCCC/C=C/CCCCCCCCCCCC(=O)OC[C@@H](CO[C@H]1O[C@@H](CO)[C@@H](O)C(O)C1O)OC(=O)CCCCCCC/C=C/C=C/CCCCCC. The maximum Gasteiger partial charge on any atom is 0.306 e. The van der Waals surface area contributed by atoms with E-state index < -0.39 is 49.4 Å². The van der Waals surface area contributed by atoms with Crippen LogP contribution in [0.1, 0.15) is 181 Å². The van der Waals surface area contributed by atoms with Crippen LogP contribution in [0, 0.1) is 0 Å². The normalized spacial score (nSPS) is 20.9. The zero-order chi connectivity index (χ0) is 40.2. The first-order valence-corrected chi connectivity index (χ1v) is 22.1. The number of aliphatic hydroxyl groups is 4. The van der Waals surface area contributed by atoms with Crippen molar-refractivity contribution in [2.45, 2.75) is 218 Å². The summed E-state index contributed by atoms with van der Waals surface area (Å²) in [6.07, 6.45) is 32.9. The van der Waals surface area contributed by atoms with Crippen molar-refractivity contribution in [3.8, 4) is 0 Å². The van der Waals surface area contributed by atoms with E-state index in [4.69, 9.17) is 18.9 Å². The average Bonchev–Trinajstić information content (AvgIpc) is 3.18. The van der Waals surface area contributed by atoms with Crippen LogP contribution in [-0.2, 0) is 28.5 Å². The van der Waals surface area contributed by atoms with Gasteiger partial charge >= 0.3 is 11.9 Å². The lowest BCUT2D eigenvalue weighted by molar-refractivity contribution is -0.305. The van der Waals surface area contributed by atoms with Crippen LogP contribution in [0.25, 0.3) is 0 Å². The van der Waals surface area contributed by atoms with Gasteiger partial charge in [-0.2, -0.15) is 0 Å². The summed E-state index contributed by atoms with van der Waals surface area (Å²) in [6.45, 7) is 3.35. The minimum absolute atomic E-state index is 0.212. The van der Waals surface area contributed by atoms with Gasteiger partial charge in [-0.25, -0.2) is 0 Å². The Kier molecular flexibility index (Phi) is 33.6. The molecule has 0 aromatic rings. The highest BCUT2D eigenvalue weighted by molar-refractivity contribution is 5.70. The van der Waals surface area contributed by atoms with Crippen LogP contribution in [0.3, 0.4) is 0 Å². The first kappa shape index (κ1) is 50.9. The van der Waals surface area contributed by atoms with Crippen LogP contribution >= 0.6 is 0 Å². The van der Waals surface area contributed by atoms with E-state index in [9.17, 15) is 30.0 Å². The minimum Gasteiger partial charge on any atom is -0.462 e. The van der Waals surface area contributed by atoms with E-state index in [1.165, 1.54) is 83.5 Å². The lowest BCUT2D eigenvalue weighted by Gasteiger charge is -2.39. The van der Waals surface area contributed by atoms with E-state index in [1.807, 2.05) is 0 Å². The lowest BCUT2D eigenvalue weighted by Crippen LogP contribution is -2.59. The molecule has 4 N–H and O–H groups in total. The molecule has 0 spiro atoms. The summed E-state index contributed by atoms with van der Waals surface area (Å²) < 4.78 is 22.1. The number of carbonyl (C=O) groups excluding carboxylic acids is 2. The Balaban J connectivity index is 2.35. The first-order chi connectivity index (χ1) is 26.8. The molecule has 2 unspecified atom stereocenters. The monoisotopic (exact) mass is 781 g/mol. The molecule has 0 radical (unpaired) electrons. The van der Waals surface area contributed by atoms with Gasteiger partial charge in [-0.1, -0.05) is 147 Å². The molecule has 6 atom stereocenters. The van der Waals surface area contributed by atoms with Crippen molar-refractivity contribution >= 4 is 11.9 Å². The third kappa shape index (κ3) is 28.0. The second-order valence-corrected chi connectivity index (χ2v) is 15.2. The van der Waals surface area contributed by atoms with Gasteiger partial charge in [0.1, 0.15) is 31.0 Å². The Morgan fingerprint density at radius 1 is 0.564 bits per heavy atom. The van der Waals surface area contributed by atoms with Gasteiger partial charge in [-0.3, -0.25) is 9.59 Å². The largest absolute Gasteiger partial charge is 0.462 e. The zero-order valence-corrected chi connectivity index (χ0v) is 34.7. The summed E-state index contributed by atoms with van der Waals surface area (Å²) >= 11 is 0. The molecular formula is C45H80O10. The van der Waals surface area contributed by atoms with Crippen LogP contribution in [-0.4, -0.2) is 89.0 Å². The molecule has 1 aliphatic rings. The van der Waals surface area contributed by atoms with E-state index in [-0.39, 0.29) is 32.0 Å². The summed E-state index contributed by atoms with van der Waals surface area (Å²) in [4.78, 5) is 25.3. The molecule has 1 heterocycles. The Hall–Kier alpha value is -2.08. The topological polar surface area (TPSA) is 152 Å². The van der Waals surface area contributed by atoms with E-state index in [0.29, 0.717) is 6.42 Å². The van der Waals surface area contributed by atoms with Gasteiger partial charge in [0.05, 0.1) is 13.2 Å². The Bertz CT molecular complexity index is 996. The van der Waals surface area contributed by atoms with Gasteiger partial charge < -0.3 is 39.4 Å². The summed E-state index contributed by atoms with van der Waals surface area (Å²) in [5, 5.41) is 40.0. The van der Waals surface area contributed by atoms with Crippen LogP contribution in [0.15, 0.2) is 36.5 Å². The van der Waals surface area contributed by atoms with Crippen molar-refractivity contribution in [2.24, 2.45) is 0 Å². The Labute approximate surface area is 334 Å². The molecule has 1 fully saturated rings. The quantitative estimate of drug-likeness (QED) is 0.0210. The highest BCUT2D eigenvalue weighted by Crippen LogP contribution is 2.22. The van der Waals surface area contributed by atoms with Gasteiger partial charge in [0.15, 0.2) is 12.4 Å². The van der Waals surface area contributed by atoms with Gasteiger partial charge in [-0.15, -0.1) is 0 Å². The molecule has 0 amide bonds. The number of unbranched alkanes of at least 4 members (excludes halogenated alkanes) is 20. The zero-order valence-electron chi connectivity index (χ0n) is 34.7. The van der Waals surface area contributed by atoms with Crippen LogP contribution < -0.4 is 0 Å². The van der Waals surface area contributed by atoms with Crippen molar-refractivity contribution in [1.29, 1.82) is 0 Å². The molecule has 10 nitrogen and oxygen atoms in total. The van der Waals surface area contributed by atoms with Crippen LogP contribution in [0.5, 0.6) is 0 Å². The molecule has 320 valence electrons. The number of aliphatic hydroxyl groups excluding tert-OH is 4. The van der Waals surface area contributed by atoms with E-state index >= 15 is 0 Å². The first-order valence-electron chi connectivity index (χ1n) is 22.1. The molecule has 1 saturated heterocycles. The van der Waals surface area contributed by atoms with Crippen molar-refractivity contribution in [1.82, 2.24) is 0 Å². The van der Waals surface area contributed by atoms with E-state index in [2.05, 4.69) is 50.3 Å². The maximum absolute atomic E-state index is 12.7. The van der Waals surface area contributed by atoms with Crippen molar-refractivity contribution in [2.75, 3.05) is 19.8 Å². The summed E-state index contributed by atoms with van der Waals surface area (Å²) in [7, 11) is 0. The predicted molar refractivity (Wildman–Crippen MR) is 219 cm³/mol. The number of allylic oxidation sites excluding steroid dienone is 6. The molecule has 0 aromatic heterocycles. The summed E-state index contributed by atoms with van der Waals surface area (Å²) in [5.74, 6) is -0.826. The lowest BCUT2D eigenvalue weighted by atomic mass is 9.99. The number of hydrogen-bond acceptors (Lipinski definition) is 10. The molecule has 1 rings (SSSR count).